The quantitative estimate of drug-likeness (QED) is 0.617. The minimum atomic E-state index is -1.03. The zero-order valence-corrected chi connectivity index (χ0v) is 9.58. The van der Waals surface area contributed by atoms with Crippen molar-refractivity contribution in [3.63, 3.8) is 0 Å². The van der Waals surface area contributed by atoms with Gasteiger partial charge in [0.2, 0.25) is 0 Å². The van der Waals surface area contributed by atoms with Crippen molar-refractivity contribution in [1.29, 1.82) is 0 Å². The van der Waals surface area contributed by atoms with Crippen molar-refractivity contribution in [2.75, 3.05) is 0 Å². The topological polar surface area (TPSA) is 63.2 Å². The fourth-order valence-corrected chi connectivity index (χ4v) is 1.87. The second-order valence-electron chi connectivity index (χ2n) is 3.17. The first-order valence-electron chi connectivity index (χ1n) is 4.46. The highest BCUT2D eigenvalue weighted by Gasteiger charge is 2.36. The van der Waals surface area contributed by atoms with Gasteiger partial charge in [0.1, 0.15) is 5.70 Å². The number of hydrogen-bond acceptors (Lipinski definition) is 3. The number of carbonyl (C=O) groups is 3. The first-order valence-corrected chi connectivity index (χ1v) is 5.26. The molecule has 0 unspecified atom stereocenters. The number of hydrogen-bond donors (Lipinski definition) is 1. The molecule has 0 radical (unpaired) electrons. The molecule has 16 heavy (non-hydrogen) atoms. The van der Waals surface area contributed by atoms with Gasteiger partial charge >= 0.3 is 5.91 Å². The Balaban J connectivity index is 2.48. The van der Waals surface area contributed by atoms with Crippen LogP contribution in [-0.4, -0.2) is 17.5 Å². The summed E-state index contributed by atoms with van der Waals surface area (Å²) >= 11 is 3.20. The molecule has 5 heteroatoms. The lowest BCUT2D eigenvalue weighted by molar-refractivity contribution is -0.140. The molecule has 1 amide bonds. The molecule has 0 saturated carbocycles. The third-order valence-corrected chi connectivity index (χ3v) is 2.98. The average molecular weight is 280 g/mol. The Morgan fingerprint density at radius 1 is 1.00 bits per heavy atom. The highest BCUT2D eigenvalue weighted by atomic mass is 79.9. The highest BCUT2D eigenvalue weighted by molar-refractivity contribution is 9.15. The number of nitrogens with one attached hydrogen (secondary N) is 1. The van der Waals surface area contributed by atoms with Gasteiger partial charge in [-0.1, -0.05) is 30.3 Å². The van der Waals surface area contributed by atoms with Crippen molar-refractivity contribution in [2.45, 2.75) is 0 Å². The fraction of sp³-hybridized carbons (Fsp3) is 0. The molecular formula is C11H6BrNO3. The van der Waals surface area contributed by atoms with Gasteiger partial charge in [0.15, 0.2) is 0 Å². The average Bonchev–Trinajstić information content (AvgIpc) is 2.57. The molecular weight excluding hydrogens is 274 g/mol. The van der Waals surface area contributed by atoms with E-state index in [4.69, 9.17) is 0 Å². The Hall–Kier alpha value is -1.75. The van der Waals surface area contributed by atoms with Crippen LogP contribution in [0.1, 0.15) is 5.56 Å². The molecule has 0 bridgehead atoms. The van der Waals surface area contributed by atoms with E-state index in [0.717, 1.165) is 5.56 Å². The van der Waals surface area contributed by atoms with E-state index in [1.165, 1.54) is 0 Å². The SMILES string of the molecule is O=C1N/C(=C(\Br)c2ccccc2)C(=O)C1=O. The summed E-state index contributed by atoms with van der Waals surface area (Å²) in [5.74, 6) is -2.71. The molecule has 0 aromatic heterocycles. The number of benzene rings is 1. The summed E-state index contributed by atoms with van der Waals surface area (Å²) in [6.07, 6.45) is 0. The van der Waals surface area contributed by atoms with Crippen LogP contribution in [-0.2, 0) is 14.4 Å². The van der Waals surface area contributed by atoms with E-state index in [1.54, 1.807) is 24.3 Å². The van der Waals surface area contributed by atoms with Crippen LogP contribution >= 0.6 is 15.9 Å². The van der Waals surface area contributed by atoms with Gasteiger partial charge < -0.3 is 5.32 Å². The van der Waals surface area contributed by atoms with Crippen LogP contribution in [0.4, 0.5) is 0 Å². The molecule has 1 aliphatic heterocycles. The molecule has 1 fully saturated rings. The van der Waals surface area contributed by atoms with E-state index in [2.05, 4.69) is 21.2 Å². The van der Waals surface area contributed by atoms with Gasteiger partial charge in [0.25, 0.3) is 11.6 Å². The lowest BCUT2D eigenvalue weighted by Crippen LogP contribution is -2.18. The molecule has 1 aliphatic rings. The van der Waals surface area contributed by atoms with Crippen LogP contribution in [0.2, 0.25) is 0 Å². The van der Waals surface area contributed by atoms with Gasteiger partial charge in [-0.15, -0.1) is 0 Å². The largest absolute Gasteiger partial charge is 0.315 e. The van der Waals surface area contributed by atoms with Gasteiger partial charge in [-0.3, -0.25) is 14.4 Å². The maximum Gasteiger partial charge on any atom is 0.300 e. The summed E-state index contributed by atoms with van der Waals surface area (Å²) in [7, 11) is 0. The summed E-state index contributed by atoms with van der Waals surface area (Å²) in [6, 6.07) is 8.94. The Labute approximate surface area is 99.5 Å². The highest BCUT2D eigenvalue weighted by Crippen LogP contribution is 2.26. The van der Waals surface area contributed by atoms with Crippen LogP contribution in [0.15, 0.2) is 36.0 Å². The number of allylic oxidation sites excluding steroid dienone is 1. The predicted octanol–water partition coefficient (Wildman–Crippen LogP) is 1.02. The first-order chi connectivity index (χ1) is 7.61. The molecule has 1 aromatic carbocycles. The predicted molar refractivity (Wildman–Crippen MR) is 60.4 cm³/mol. The molecule has 0 spiro atoms. The maximum absolute atomic E-state index is 11.4. The molecule has 1 saturated heterocycles. The summed E-state index contributed by atoms with van der Waals surface area (Å²) in [5, 5.41) is 2.25. The summed E-state index contributed by atoms with van der Waals surface area (Å²) in [4.78, 5) is 33.4. The molecule has 1 aromatic rings. The monoisotopic (exact) mass is 279 g/mol. The normalized spacial score (nSPS) is 18.7. The number of amides is 1. The lowest BCUT2D eigenvalue weighted by Gasteiger charge is -2.02. The zero-order chi connectivity index (χ0) is 11.7. The van der Waals surface area contributed by atoms with Crippen molar-refractivity contribution in [3.8, 4) is 0 Å². The molecule has 0 atom stereocenters. The van der Waals surface area contributed by atoms with Crippen molar-refractivity contribution in [1.82, 2.24) is 5.32 Å². The number of rotatable bonds is 1. The molecule has 1 N–H and O–H groups in total. The number of Topliss-reactive ketones (excluding diaryl/α,β-unsaturated/α-hetero) is 2. The molecule has 80 valence electrons. The van der Waals surface area contributed by atoms with E-state index in [1.807, 2.05) is 6.07 Å². The minimum absolute atomic E-state index is 0.00111. The van der Waals surface area contributed by atoms with Crippen molar-refractivity contribution in [3.05, 3.63) is 41.6 Å². The number of ketones is 2. The van der Waals surface area contributed by atoms with Crippen molar-refractivity contribution in [2.24, 2.45) is 0 Å². The Bertz CT molecular complexity index is 519. The Morgan fingerprint density at radius 3 is 2.12 bits per heavy atom. The minimum Gasteiger partial charge on any atom is -0.315 e. The van der Waals surface area contributed by atoms with E-state index in [0.29, 0.717) is 4.48 Å². The van der Waals surface area contributed by atoms with E-state index in [9.17, 15) is 14.4 Å². The summed E-state index contributed by atoms with van der Waals surface area (Å²) in [5.41, 5.74) is 0.724. The molecule has 1 heterocycles. The van der Waals surface area contributed by atoms with Crippen LogP contribution in [0, 0.1) is 0 Å². The fourth-order valence-electron chi connectivity index (χ4n) is 1.33. The van der Waals surface area contributed by atoms with Gasteiger partial charge in [-0.25, -0.2) is 0 Å². The lowest BCUT2D eigenvalue weighted by atomic mass is 10.1. The van der Waals surface area contributed by atoms with Gasteiger partial charge in [0, 0.05) is 0 Å². The smallest absolute Gasteiger partial charge is 0.300 e. The Kier molecular flexibility index (Phi) is 2.70. The van der Waals surface area contributed by atoms with Crippen LogP contribution in [0.5, 0.6) is 0 Å². The number of carbonyl (C=O) groups excluding carboxylic acids is 3. The second-order valence-corrected chi connectivity index (χ2v) is 3.96. The number of halogens is 1. The van der Waals surface area contributed by atoms with Crippen LogP contribution in [0.3, 0.4) is 0 Å². The van der Waals surface area contributed by atoms with Crippen molar-refractivity contribution >= 4 is 37.9 Å². The first kappa shape index (κ1) is 10.8. The third-order valence-electron chi connectivity index (χ3n) is 2.12. The van der Waals surface area contributed by atoms with Crippen LogP contribution < -0.4 is 5.32 Å². The van der Waals surface area contributed by atoms with E-state index in [-0.39, 0.29) is 5.70 Å². The summed E-state index contributed by atoms with van der Waals surface area (Å²) < 4.78 is 0.414. The van der Waals surface area contributed by atoms with E-state index < -0.39 is 17.5 Å². The van der Waals surface area contributed by atoms with E-state index >= 15 is 0 Å². The Morgan fingerprint density at radius 2 is 1.62 bits per heavy atom. The van der Waals surface area contributed by atoms with Crippen molar-refractivity contribution < 1.29 is 14.4 Å². The third kappa shape index (κ3) is 1.69. The van der Waals surface area contributed by atoms with Gasteiger partial charge in [-0.2, -0.15) is 0 Å². The summed E-state index contributed by atoms with van der Waals surface area (Å²) in [6.45, 7) is 0. The zero-order valence-electron chi connectivity index (χ0n) is 7.99. The van der Waals surface area contributed by atoms with Gasteiger partial charge in [0.05, 0.1) is 4.48 Å². The maximum atomic E-state index is 11.4. The second kappa shape index (κ2) is 4.02. The molecule has 2 rings (SSSR count). The van der Waals surface area contributed by atoms with Gasteiger partial charge in [-0.05, 0) is 21.5 Å². The molecule has 4 nitrogen and oxygen atoms in total. The van der Waals surface area contributed by atoms with Crippen LogP contribution in [0.25, 0.3) is 4.48 Å². The molecule has 0 aliphatic carbocycles. The standard InChI is InChI=1S/C11H6BrNO3/c12-7(6-4-2-1-3-5-6)8-9(14)10(15)11(16)13-8/h1-5H,(H,13,16)/b8-7-.